The maximum Gasteiger partial charge on any atom is 0.329 e. The van der Waals surface area contributed by atoms with Crippen molar-refractivity contribution in [1.29, 1.82) is 0 Å². The molecule has 1 aromatic heterocycles. The number of aromatic nitrogens is 2. The fraction of sp³-hybridized carbons (Fsp3) is 0.583. The van der Waals surface area contributed by atoms with Gasteiger partial charge in [-0.1, -0.05) is 6.42 Å². The summed E-state index contributed by atoms with van der Waals surface area (Å²) in [5.74, 6) is -0.669. The second kappa shape index (κ2) is 4.54. The smallest absolute Gasteiger partial charge is 0.329 e. The molecule has 0 spiro atoms. The van der Waals surface area contributed by atoms with Crippen LogP contribution in [0.25, 0.3) is 0 Å². The highest BCUT2D eigenvalue weighted by Gasteiger charge is 2.55. The molecule has 2 aliphatic rings. The number of fused-ring (bicyclic) bond motifs is 1. The number of carboxylic acids is 1. The lowest BCUT2D eigenvalue weighted by atomic mass is 9.81. The molecule has 2 heterocycles. The van der Waals surface area contributed by atoms with Crippen LogP contribution in [0.1, 0.15) is 19.3 Å². The molecule has 2 fully saturated rings. The van der Waals surface area contributed by atoms with Crippen LogP contribution in [0.2, 0.25) is 0 Å². The molecule has 9 nitrogen and oxygen atoms in total. The molecule has 0 bridgehead atoms. The van der Waals surface area contributed by atoms with Crippen LogP contribution >= 0.6 is 0 Å². The molecule has 9 heteroatoms. The lowest BCUT2D eigenvalue weighted by Gasteiger charge is -2.23. The van der Waals surface area contributed by atoms with Gasteiger partial charge in [-0.3, -0.25) is 14.9 Å². The fourth-order valence-corrected chi connectivity index (χ4v) is 3.46. The van der Waals surface area contributed by atoms with Crippen molar-refractivity contribution in [1.82, 2.24) is 9.97 Å². The van der Waals surface area contributed by atoms with E-state index in [-0.39, 0.29) is 23.4 Å². The number of nitrogen functional groups attached to an aromatic ring is 1. The van der Waals surface area contributed by atoms with Gasteiger partial charge in [0.05, 0.1) is 10.3 Å². The second-order valence-corrected chi connectivity index (χ2v) is 5.63. The summed E-state index contributed by atoms with van der Waals surface area (Å²) in [6.45, 7) is 0.869. The Kier molecular flexibility index (Phi) is 2.92. The maximum atomic E-state index is 11.6. The summed E-state index contributed by atoms with van der Waals surface area (Å²) in [5, 5.41) is 20.2. The lowest BCUT2D eigenvalue weighted by molar-refractivity contribution is -0.384. The highest BCUT2D eigenvalue weighted by molar-refractivity contribution is 5.77. The number of nitrogens with two attached hydrogens (primary N) is 1. The number of carboxylic acid groups (broad SMARTS) is 1. The average Bonchev–Trinajstić information content (AvgIpc) is 2.95. The second-order valence-electron chi connectivity index (χ2n) is 5.63. The normalized spacial score (nSPS) is 27.6. The summed E-state index contributed by atoms with van der Waals surface area (Å²) in [6, 6.07) is 0. The Morgan fingerprint density at radius 2 is 2.38 bits per heavy atom. The van der Waals surface area contributed by atoms with E-state index < -0.39 is 16.3 Å². The van der Waals surface area contributed by atoms with Crippen molar-refractivity contribution in [2.45, 2.75) is 19.3 Å². The molecule has 1 saturated carbocycles. The standard InChI is InChI=1S/C12H15N5O4/c13-9-8(17(20)21)4-14-11(15-9)16-5-7-2-1-3-12(7,6-16)10(18)19/h4,7H,1-3,5-6H2,(H,18,19)(H2,13,14,15)/t7-,12+/m0/s1. The first-order valence-corrected chi connectivity index (χ1v) is 6.69. The predicted octanol–water partition coefficient (Wildman–Crippen LogP) is 0.658. The largest absolute Gasteiger partial charge is 0.481 e. The van der Waals surface area contributed by atoms with Gasteiger partial charge in [-0.25, -0.2) is 4.98 Å². The summed E-state index contributed by atoms with van der Waals surface area (Å²) in [7, 11) is 0. The predicted molar refractivity (Wildman–Crippen MR) is 72.7 cm³/mol. The van der Waals surface area contributed by atoms with E-state index in [1.807, 2.05) is 0 Å². The van der Waals surface area contributed by atoms with Crippen molar-refractivity contribution >= 4 is 23.4 Å². The Labute approximate surface area is 119 Å². The molecule has 0 aromatic carbocycles. The number of rotatable bonds is 3. The Morgan fingerprint density at radius 3 is 2.95 bits per heavy atom. The number of nitrogens with zero attached hydrogens (tertiary/aromatic N) is 4. The van der Waals surface area contributed by atoms with Crippen molar-refractivity contribution in [2.75, 3.05) is 23.7 Å². The summed E-state index contributed by atoms with van der Waals surface area (Å²) in [6.07, 6.45) is 3.49. The van der Waals surface area contributed by atoms with E-state index in [0.717, 1.165) is 19.0 Å². The van der Waals surface area contributed by atoms with E-state index in [0.29, 0.717) is 19.5 Å². The first-order valence-electron chi connectivity index (χ1n) is 6.69. The third-order valence-corrected chi connectivity index (χ3v) is 4.56. The SMILES string of the molecule is Nc1nc(N2C[C@@H]3CCC[C@@]3(C(=O)O)C2)ncc1[N+](=O)[O-]. The van der Waals surface area contributed by atoms with Gasteiger partial charge in [-0.05, 0) is 18.8 Å². The minimum absolute atomic E-state index is 0.0648. The van der Waals surface area contributed by atoms with Gasteiger partial charge in [-0.2, -0.15) is 4.98 Å². The van der Waals surface area contributed by atoms with Crippen molar-refractivity contribution < 1.29 is 14.8 Å². The number of hydrogen-bond donors (Lipinski definition) is 2. The third-order valence-electron chi connectivity index (χ3n) is 4.56. The van der Waals surface area contributed by atoms with Gasteiger partial charge < -0.3 is 15.7 Å². The molecule has 0 radical (unpaired) electrons. The zero-order valence-corrected chi connectivity index (χ0v) is 11.2. The van der Waals surface area contributed by atoms with E-state index in [9.17, 15) is 20.0 Å². The van der Waals surface area contributed by atoms with E-state index in [1.54, 1.807) is 4.90 Å². The van der Waals surface area contributed by atoms with Gasteiger partial charge in [0, 0.05) is 13.1 Å². The highest BCUT2D eigenvalue weighted by atomic mass is 16.6. The molecule has 112 valence electrons. The Morgan fingerprint density at radius 1 is 1.62 bits per heavy atom. The van der Waals surface area contributed by atoms with E-state index in [4.69, 9.17) is 5.73 Å². The Balaban J connectivity index is 1.88. The van der Waals surface area contributed by atoms with Crippen LogP contribution in [-0.2, 0) is 4.79 Å². The van der Waals surface area contributed by atoms with Gasteiger partial charge in [0.2, 0.25) is 11.8 Å². The number of nitro groups is 1. The summed E-state index contributed by atoms with van der Waals surface area (Å²) < 4.78 is 0. The van der Waals surface area contributed by atoms with Gasteiger partial charge in [-0.15, -0.1) is 0 Å². The molecule has 1 saturated heterocycles. The van der Waals surface area contributed by atoms with Gasteiger partial charge >= 0.3 is 11.7 Å². The first kappa shape index (κ1) is 13.5. The molecule has 2 atom stereocenters. The quantitative estimate of drug-likeness (QED) is 0.612. The molecule has 3 N–H and O–H groups in total. The molecule has 1 aromatic rings. The van der Waals surface area contributed by atoms with Crippen LogP contribution in [0.15, 0.2) is 6.20 Å². The summed E-state index contributed by atoms with van der Waals surface area (Å²) >= 11 is 0. The maximum absolute atomic E-state index is 11.6. The highest BCUT2D eigenvalue weighted by Crippen LogP contribution is 2.49. The van der Waals surface area contributed by atoms with Crippen LogP contribution < -0.4 is 10.6 Å². The lowest BCUT2D eigenvalue weighted by Crippen LogP contribution is -2.36. The molecule has 1 aliphatic carbocycles. The Hall–Kier alpha value is -2.45. The number of hydrogen-bond acceptors (Lipinski definition) is 7. The molecule has 3 rings (SSSR count). The topological polar surface area (TPSA) is 135 Å². The van der Waals surface area contributed by atoms with Crippen molar-refractivity contribution in [3.05, 3.63) is 16.3 Å². The van der Waals surface area contributed by atoms with Crippen molar-refractivity contribution in [2.24, 2.45) is 11.3 Å². The molecule has 21 heavy (non-hydrogen) atoms. The van der Waals surface area contributed by atoms with Gasteiger partial charge in [0.1, 0.15) is 6.20 Å². The molecule has 1 aliphatic heterocycles. The zero-order chi connectivity index (χ0) is 15.2. The van der Waals surface area contributed by atoms with Gasteiger partial charge in [0.15, 0.2) is 0 Å². The van der Waals surface area contributed by atoms with Crippen LogP contribution in [0, 0.1) is 21.4 Å². The first-order chi connectivity index (χ1) is 9.94. The minimum atomic E-state index is -0.789. The number of anilines is 2. The number of aliphatic carboxylic acids is 1. The van der Waals surface area contributed by atoms with Crippen LogP contribution in [0.5, 0.6) is 0 Å². The van der Waals surface area contributed by atoms with Crippen LogP contribution in [0.4, 0.5) is 17.5 Å². The molecule has 0 unspecified atom stereocenters. The molecule has 0 amide bonds. The zero-order valence-electron chi connectivity index (χ0n) is 11.2. The van der Waals surface area contributed by atoms with E-state index in [2.05, 4.69) is 9.97 Å². The van der Waals surface area contributed by atoms with Crippen molar-refractivity contribution in [3.63, 3.8) is 0 Å². The molecular weight excluding hydrogens is 278 g/mol. The Bertz CT molecular complexity index is 622. The molecular formula is C12H15N5O4. The van der Waals surface area contributed by atoms with E-state index >= 15 is 0 Å². The van der Waals surface area contributed by atoms with Crippen molar-refractivity contribution in [3.8, 4) is 0 Å². The summed E-state index contributed by atoms with van der Waals surface area (Å²) in [5.41, 5.74) is 4.47. The number of carbonyl (C=O) groups is 1. The van der Waals surface area contributed by atoms with E-state index in [1.165, 1.54) is 0 Å². The summed E-state index contributed by atoms with van der Waals surface area (Å²) in [4.78, 5) is 31.4. The van der Waals surface area contributed by atoms with Gasteiger partial charge in [0.25, 0.3) is 0 Å². The average molecular weight is 293 g/mol. The minimum Gasteiger partial charge on any atom is -0.481 e. The fourth-order valence-electron chi connectivity index (χ4n) is 3.46. The monoisotopic (exact) mass is 293 g/mol. The third kappa shape index (κ3) is 1.96. The van der Waals surface area contributed by atoms with Crippen LogP contribution in [-0.4, -0.2) is 39.1 Å². The van der Waals surface area contributed by atoms with Crippen LogP contribution in [0.3, 0.4) is 0 Å².